The van der Waals surface area contributed by atoms with Crippen LogP contribution in [0.25, 0.3) is 0 Å². The highest BCUT2D eigenvalue weighted by atomic mass is 16.2. The molecular weight excluding hydrogens is 220 g/mol. The lowest BCUT2D eigenvalue weighted by molar-refractivity contribution is -0.128. The lowest BCUT2D eigenvalue weighted by Crippen LogP contribution is -2.44. The maximum atomic E-state index is 11.5. The van der Waals surface area contributed by atoms with Crippen molar-refractivity contribution in [3.8, 4) is 0 Å². The van der Waals surface area contributed by atoms with Crippen LogP contribution in [0.5, 0.6) is 0 Å². The van der Waals surface area contributed by atoms with Crippen LogP contribution < -0.4 is 16.0 Å². The molecule has 0 unspecified atom stereocenters. The molecule has 1 aliphatic heterocycles. The summed E-state index contributed by atoms with van der Waals surface area (Å²) in [6, 6.07) is -0.00244. The van der Waals surface area contributed by atoms with Crippen molar-refractivity contribution in [2.24, 2.45) is 5.41 Å². The van der Waals surface area contributed by atoms with Crippen molar-refractivity contribution in [3.63, 3.8) is 0 Å². The Kier molecular flexibility index (Phi) is 4.74. The number of amides is 3. The van der Waals surface area contributed by atoms with Gasteiger partial charge in [0.05, 0.1) is 5.41 Å². The molecule has 1 fully saturated rings. The van der Waals surface area contributed by atoms with Crippen LogP contribution in [-0.4, -0.2) is 56.6 Å². The maximum absolute atomic E-state index is 11.5. The molecule has 0 aromatic carbocycles. The fourth-order valence-corrected chi connectivity index (χ4v) is 1.76. The van der Waals surface area contributed by atoms with Crippen LogP contribution in [-0.2, 0) is 4.79 Å². The number of carbonyl (C=O) groups is 2. The highest BCUT2D eigenvalue weighted by molar-refractivity contribution is 5.81. The van der Waals surface area contributed by atoms with E-state index in [4.69, 9.17) is 0 Å². The zero-order valence-corrected chi connectivity index (χ0v) is 10.8. The van der Waals surface area contributed by atoms with Gasteiger partial charge in [0.15, 0.2) is 0 Å². The number of carbonyl (C=O) groups excluding carboxylic acids is 2. The first-order valence-electron chi connectivity index (χ1n) is 5.93. The SMILES string of the molecule is CNC(=O)C(C)(C)CNCCN1CCNC1=O. The van der Waals surface area contributed by atoms with Crippen LogP contribution in [0, 0.1) is 5.41 Å². The molecular formula is C11H22N4O2. The average molecular weight is 242 g/mol. The minimum Gasteiger partial charge on any atom is -0.359 e. The van der Waals surface area contributed by atoms with Gasteiger partial charge in [-0.05, 0) is 13.8 Å². The summed E-state index contributed by atoms with van der Waals surface area (Å²) in [7, 11) is 1.64. The second kappa shape index (κ2) is 5.86. The molecule has 0 aliphatic carbocycles. The fraction of sp³-hybridized carbons (Fsp3) is 0.818. The highest BCUT2D eigenvalue weighted by Gasteiger charge is 2.26. The van der Waals surface area contributed by atoms with E-state index in [9.17, 15) is 9.59 Å². The van der Waals surface area contributed by atoms with Gasteiger partial charge in [0.25, 0.3) is 0 Å². The van der Waals surface area contributed by atoms with Gasteiger partial charge in [0.2, 0.25) is 5.91 Å². The topological polar surface area (TPSA) is 73.5 Å². The van der Waals surface area contributed by atoms with Gasteiger partial charge in [0.1, 0.15) is 0 Å². The van der Waals surface area contributed by atoms with E-state index >= 15 is 0 Å². The van der Waals surface area contributed by atoms with Crippen molar-refractivity contribution < 1.29 is 9.59 Å². The number of nitrogens with zero attached hydrogens (tertiary/aromatic N) is 1. The summed E-state index contributed by atoms with van der Waals surface area (Å²) < 4.78 is 0. The van der Waals surface area contributed by atoms with Gasteiger partial charge in [-0.3, -0.25) is 4.79 Å². The summed E-state index contributed by atoms with van der Waals surface area (Å²) in [6.07, 6.45) is 0. The minimum atomic E-state index is -0.429. The standard InChI is InChI=1S/C11H22N4O2/c1-11(2,9(16)12-3)8-13-4-6-15-7-5-14-10(15)17/h13H,4-8H2,1-3H3,(H,12,16)(H,14,17). The Morgan fingerprint density at radius 3 is 2.76 bits per heavy atom. The summed E-state index contributed by atoms with van der Waals surface area (Å²) >= 11 is 0. The molecule has 6 nitrogen and oxygen atoms in total. The Morgan fingerprint density at radius 2 is 2.24 bits per heavy atom. The van der Waals surface area contributed by atoms with Gasteiger partial charge < -0.3 is 20.9 Å². The van der Waals surface area contributed by atoms with E-state index in [1.165, 1.54) is 0 Å². The van der Waals surface area contributed by atoms with Crippen LogP contribution in [0.15, 0.2) is 0 Å². The number of hydrogen-bond acceptors (Lipinski definition) is 3. The van der Waals surface area contributed by atoms with Crippen LogP contribution in [0.4, 0.5) is 4.79 Å². The monoisotopic (exact) mass is 242 g/mol. The molecule has 0 radical (unpaired) electrons. The minimum absolute atomic E-state index is 0.00244. The van der Waals surface area contributed by atoms with Crippen molar-refractivity contribution in [3.05, 3.63) is 0 Å². The summed E-state index contributed by atoms with van der Waals surface area (Å²) in [5.41, 5.74) is -0.429. The first kappa shape index (κ1) is 13.8. The molecule has 6 heteroatoms. The molecule has 17 heavy (non-hydrogen) atoms. The smallest absolute Gasteiger partial charge is 0.317 e. The van der Waals surface area contributed by atoms with Crippen molar-refractivity contribution >= 4 is 11.9 Å². The normalized spacial score (nSPS) is 15.9. The van der Waals surface area contributed by atoms with Crippen LogP contribution in [0.1, 0.15) is 13.8 Å². The van der Waals surface area contributed by atoms with Gasteiger partial charge in [0, 0.05) is 39.8 Å². The molecule has 0 bridgehead atoms. The maximum Gasteiger partial charge on any atom is 0.317 e. The summed E-state index contributed by atoms with van der Waals surface area (Å²) in [5, 5.41) is 8.60. The number of hydrogen-bond donors (Lipinski definition) is 3. The molecule has 1 saturated heterocycles. The van der Waals surface area contributed by atoms with Gasteiger partial charge in [-0.1, -0.05) is 0 Å². The van der Waals surface area contributed by atoms with Crippen molar-refractivity contribution in [1.82, 2.24) is 20.9 Å². The lowest BCUT2D eigenvalue weighted by Gasteiger charge is -2.23. The molecule has 0 saturated carbocycles. The third-order valence-corrected chi connectivity index (χ3v) is 2.91. The van der Waals surface area contributed by atoms with Gasteiger partial charge >= 0.3 is 6.03 Å². The Morgan fingerprint density at radius 1 is 1.53 bits per heavy atom. The molecule has 0 atom stereocenters. The Balaban J connectivity index is 2.19. The van der Waals surface area contributed by atoms with Crippen LogP contribution >= 0.6 is 0 Å². The first-order valence-corrected chi connectivity index (χ1v) is 5.93. The largest absolute Gasteiger partial charge is 0.359 e. The molecule has 0 aromatic rings. The molecule has 3 amide bonds. The summed E-state index contributed by atoms with van der Waals surface area (Å²) in [6.45, 7) is 7.25. The molecule has 98 valence electrons. The predicted octanol–water partition coefficient (Wildman–Crippen LogP) is -0.627. The third-order valence-electron chi connectivity index (χ3n) is 2.91. The molecule has 0 spiro atoms. The zero-order chi connectivity index (χ0) is 12.9. The molecule has 1 heterocycles. The number of urea groups is 1. The van der Waals surface area contributed by atoms with Crippen molar-refractivity contribution in [2.45, 2.75) is 13.8 Å². The first-order chi connectivity index (χ1) is 7.97. The van der Waals surface area contributed by atoms with Gasteiger partial charge in [-0.15, -0.1) is 0 Å². The molecule has 1 aliphatic rings. The van der Waals surface area contributed by atoms with Crippen LogP contribution in [0.2, 0.25) is 0 Å². The van der Waals surface area contributed by atoms with E-state index in [0.717, 1.165) is 13.1 Å². The van der Waals surface area contributed by atoms with E-state index in [1.54, 1.807) is 11.9 Å². The van der Waals surface area contributed by atoms with E-state index in [-0.39, 0.29) is 11.9 Å². The second-order valence-electron chi connectivity index (χ2n) is 4.86. The number of nitrogens with one attached hydrogen (secondary N) is 3. The second-order valence-corrected chi connectivity index (χ2v) is 4.86. The number of rotatable bonds is 6. The summed E-state index contributed by atoms with van der Waals surface area (Å²) in [5.74, 6) is 0.0175. The molecule has 0 aromatic heterocycles. The quantitative estimate of drug-likeness (QED) is 0.543. The van der Waals surface area contributed by atoms with E-state index in [0.29, 0.717) is 19.6 Å². The fourth-order valence-electron chi connectivity index (χ4n) is 1.76. The highest BCUT2D eigenvalue weighted by Crippen LogP contribution is 2.12. The van der Waals surface area contributed by atoms with Gasteiger partial charge in [-0.2, -0.15) is 0 Å². The Labute approximate surface area is 102 Å². The van der Waals surface area contributed by atoms with E-state index in [2.05, 4.69) is 16.0 Å². The van der Waals surface area contributed by atoms with Crippen molar-refractivity contribution in [2.75, 3.05) is 39.8 Å². The molecule has 1 rings (SSSR count). The summed E-state index contributed by atoms with van der Waals surface area (Å²) in [4.78, 5) is 24.5. The third kappa shape index (κ3) is 3.89. The predicted molar refractivity (Wildman–Crippen MR) is 65.7 cm³/mol. The van der Waals surface area contributed by atoms with E-state index < -0.39 is 5.41 Å². The van der Waals surface area contributed by atoms with E-state index in [1.807, 2.05) is 13.8 Å². The zero-order valence-electron chi connectivity index (χ0n) is 10.8. The van der Waals surface area contributed by atoms with Crippen molar-refractivity contribution in [1.29, 1.82) is 0 Å². The lowest BCUT2D eigenvalue weighted by atomic mass is 9.92. The average Bonchev–Trinajstić information content (AvgIpc) is 2.69. The van der Waals surface area contributed by atoms with Crippen LogP contribution in [0.3, 0.4) is 0 Å². The molecule has 3 N–H and O–H groups in total. The Hall–Kier alpha value is -1.30. The Bertz CT molecular complexity index is 291. The van der Waals surface area contributed by atoms with Gasteiger partial charge in [-0.25, -0.2) is 4.79 Å².